The lowest BCUT2D eigenvalue weighted by molar-refractivity contribution is 0.539. The number of nitrogens with zero attached hydrogens (tertiary/aromatic N) is 3. The van der Waals surface area contributed by atoms with E-state index < -0.39 is 5.82 Å². The van der Waals surface area contributed by atoms with Gasteiger partial charge in [-0.1, -0.05) is 0 Å². The van der Waals surface area contributed by atoms with Crippen molar-refractivity contribution in [2.24, 2.45) is 0 Å². The van der Waals surface area contributed by atoms with Crippen LogP contribution in [0.1, 0.15) is 0 Å². The van der Waals surface area contributed by atoms with Gasteiger partial charge in [0.2, 0.25) is 5.89 Å². The molecule has 0 unspecified atom stereocenters. The molecule has 66 valence electrons. The highest BCUT2D eigenvalue weighted by molar-refractivity contribution is 9.10. The summed E-state index contributed by atoms with van der Waals surface area (Å²) in [6.45, 7) is 0. The van der Waals surface area contributed by atoms with Crippen LogP contribution in [-0.4, -0.2) is 15.2 Å². The number of halogens is 2. The summed E-state index contributed by atoms with van der Waals surface area (Å²) in [6, 6.07) is 1.27. The lowest BCUT2D eigenvalue weighted by atomic mass is 10.3. The normalized spacial score (nSPS) is 10.3. The van der Waals surface area contributed by atoms with E-state index in [0.29, 0.717) is 5.56 Å². The first-order chi connectivity index (χ1) is 6.25. The number of pyridine rings is 1. The maximum atomic E-state index is 12.7. The molecule has 0 fully saturated rings. The van der Waals surface area contributed by atoms with Crippen molar-refractivity contribution >= 4 is 15.9 Å². The quantitative estimate of drug-likeness (QED) is 0.770. The Morgan fingerprint density at radius 2 is 2.15 bits per heavy atom. The minimum absolute atomic E-state index is 0.235. The van der Waals surface area contributed by atoms with E-state index in [1.54, 1.807) is 0 Å². The van der Waals surface area contributed by atoms with Gasteiger partial charge in [0.1, 0.15) is 5.82 Å². The lowest BCUT2D eigenvalue weighted by Crippen LogP contribution is -1.82. The molecule has 0 radical (unpaired) electrons. The molecular formula is C7H3BrFN3O. The predicted molar refractivity (Wildman–Crippen MR) is 45.2 cm³/mol. The van der Waals surface area contributed by atoms with E-state index in [9.17, 15) is 4.39 Å². The van der Waals surface area contributed by atoms with Gasteiger partial charge in [-0.15, -0.1) is 10.2 Å². The van der Waals surface area contributed by atoms with E-state index in [2.05, 4.69) is 31.1 Å². The first-order valence-corrected chi connectivity index (χ1v) is 4.15. The zero-order chi connectivity index (χ0) is 9.26. The summed E-state index contributed by atoms with van der Waals surface area (Å²) in [5.41, 5.74) is 0.457. The van der Waals surface area contributed by atoms with Crippen molar-refractivity contribution in [2.75, 3.05) is 0 Å². The Morgan fingerprint density at radius 3 is 2.77 bits per heavy atom. The molecular weight excluding hydrogens is 241 g/mol. The predicted octanol–water partition coefficient (Wildman–Crippen LogP) is 2.03. The van der Waals surface area contributed by atoms with E-state index in [-0.39, 0.29) is 10.7 Å². The SMILES string of the molecule is Fc1cncc(-c2nnc(Br)o2)c1. The van der Waals surface area contributed by atoms with Crippen molar-refractivity contribution in [3.8, 4) is 11.5 Å². The number of aromatic nitrogens is 3. The van der Waals surface area contributed by atoms with Crippen LogP contribution >= 0.6 is 15.9 Å². The minimum atomic E-state index is -0.438. The Labute approximate surface area is 80.9 Å². The summed E-state index contributed by atoms with van der Waals surface area (Å²) in [6.07, 6.45) is 2.55. The Balaban J connectivity index is 2.46. The zero-order valence-electron chi connectivity index (χ0n) is 6.24. The molecule has 0 saturated carbocycles. The van der Waals surface area contributed by atoms with E-state index in [1.807, 2.05) is 0 Å². The van der Waals surface area contributed by atoms with Crippen LogP contribution in [0.3, 0.4) is 0 Å². The Kier molecular flexibility index (Phi) is 2.05. The maximum Gasteiger partial charge on any atom is 0.285 e. The topological polar surface area (TPSA) is 51.8 Å². The summed E-state index contributed by atoms with van der Waals surface area (Å²) >= 11 is 2.99. The third kappa shape index (κ3) is 1.72. The van der Waals surface area contributed by atoms with Crippen LogP contribution in [0, 0.1) is 5.82 Å². The average molecular weight is 244 g/mol. The molecule has 0 aliphatic heterocycles. The summed E-state index contributed by atoms with van der Waals surface area (Å²) in [7, 11) is 0. The molecule has 0 bridgehead atoms. The molecule has 6 heteroatoms. The van der Waals surface area contributed by atoms with E-state index in [1.165, 1.54) is 12.3 Å². The van der Waals surface area contributed by atoms with Crippen LogP contribution in [0.15, 0.2) is 27.7 Å². The Morgan fingerprint density at radius 1 is 1.31 bits per heavy atom. The molecule has 0 aromatic carbocycles. The van der Waals surface area contributed by atoms with Crippen molar-refractivity contribution < 1.29 is 8.81 Å². The molecule has 4 nitrogen and oxygen atoms in total. The molecule has 2 rings (SSSR count). The fraction of sp³-hybridized carbons (Fsp3) is 0. The highest BCUT2D eigenvalue weighted by Gasteiger charge is 2.07. The van der Waals surface area contributed by atoms with E-state index in [4.69, 9.17) is 4.42 Å². The second-order valence-corrected chi connectivity index (χ2v) is 2.93. The summed E-state index contributed by atoms with van der Waals surface area (Å²) in [5.74, 6) is -0.203. The van der Waals surface area contributed by atoms with Crippen LogP contribution in [-0.2, 0) is 0 Å². The number of hydrogen-bond donors (Lipinski definition) is 0. The highest BCUT2D eigenvalue weighted by atomic mass is 79.9. The van der Waals surface area contributed by atoms with Gasteiger partial charge < -0.3 is 4.42 Å². The molecule has 2 aromatic heterocycles. The first-order valence-electron chi connectivity index (χ1n) is 3.35. The molecule has 0 N–H and O–H groups in total. The fourth-order valence-electron chi connectivity index (χ4n) is 0.851. The van der Waals surface area contributed by atoms with E-state index in [0.717, 1.165) is 6.20 Å². The van der Waals surface area contributed by atoms with Crippen molar-refractivity contribution in [1.82, 2.24) is 15.2 Å². The van der Waals surface area contributed by atoms with Crippen LogP contribution < -0.4 is 0 Å². The van der Waals surface area contributed by atoms with Gasteiger partial charge in [-0.2, -0.15) is 0 Å². The van der Waals surface area contributed by atoms with Crippen molar-refractivity contribution in [1.29, 1.82) is 0 Å². The summed E-state index contributed by atoms with van der Waals surface area (Å²) in [5, 5.41) is 7.23. The van der Waals surface area contributed by atoms with Gasteiger partial charge in [0.15, 0.2) is 0 Å². The fourth-order valence-corrected chi connectivity index (χ4v) is 1.08. The van der Waals surface area contributed by atoms with Gasteiger partial charge in [0.05, 0.1) is 11.8 Å². The lowest BCUT2D eigenvalue weighted by Gasteiger charge is -1.91. The van der Waals surface area contributed by atoms with Crippen molar-refractivity contribution in [3.05, 3.63) is 29.1 Å². The highest BCUT2D eigenvalue weighted by Crippen LogP contribution is 2.19. The number of hydrogen-bond acceptors (Lipinski definition) is 4. The molecule has 0 amide bonds. The number of rotatable bonds is 1. The smallest absolute Gasteiger partial charge is 0.285 e. The van der Waals surface area contributed by atoms with Crippen LogP contribution in [0.2, 0.25) is 0 Å². The molecule has 0 spiro atoms. The third-order valence-electron chi connectivity index (χ3n) is 1.35. The first kappa shape index (κ1) is 8.31. The zero-order valence-corrected chi connectivity index (χ0v) is 7.82. The largest absolute Gasteiger partial charge is 0.411 e. The molecule has 0 aliphatic carbocycles. The van der Waals surface area contributed by atoms with Crippen molar-refractivity contribution in [2.45, 2.75) is 0 Å². The minimum Gasteiger partial charge on any atom is -0.411 e. The van der Waals surface area contributed by atoms with Gasteiger partial charge in [0, 0.05) is 22.1 Å². The second kappa shape index (κ2) is 3.21. The van der Waals surface area contributed by atoms with Gasteiger partial charge >= 0.3 is 0 Å². The molecule has 2 aromatic rings. The second-order valence-electron chi connectivity index (χ2n) is 2.25. The Hall–Kier alpha value is -1.30. The molecule has 0 atom stereocenters. The van der Waals surface area contributed by atoms with Gasteiger partial charge in [-0.25, -0.2) is 4.39 Å². The summed E-state index contributed by atoms with van der Waals surface area (Å²) < 4.78 is 17.7. The van der Waals surface area contributed by atoms with Gasteiger partial charge in [0.25, 0.3) is 4.80 Å². The van der Waals surface area contributed by atoms with Crippen LogP contribution in [0.25, 0.3) is 11.5 Å². The van der Waals surface area contributed by atoms with Crippen LogP contribution in [0.5, 0.6) is 0 Å². The summed E-state index contributed by atoms with van der Waals surface area (Å²) in [4.78, 5) is 3.91. The van der Waals surface area contributed by atoms with Gasteiger partial charge in [-0.3, -0.25) is 4.98 Å². The van der Waals surface area contributed by atoms with E-state index >= 15 is 0 Å². The van der Waals surface area contributed by atoms with Crippen LogP contribution in [0.4, 0.5) is 4.39 Å². The third-order valence-corrected chi connectivity index (χ3v) is 1.67. The monoisotopic (exact) mass is 243 g/mol. The average Bonchev–Trinajstić information content (AvgIpc) is 2.52. The maximum absolute atomic E-state index is 12.7. The standard InChI is InChI=1S/C7H3BrFN3O/c8-7-12-11-6(13-7)4-1-5(9)3-10-2-4/h1-3H. The molecule has 13 heavy (non-hydrogen) atoms. The molecule has 2 heterocycles. The molecule has 0 saturated heterocycles. The molecule has 0 aliphatic rings. The Bertz CT molecular complexity index is 431. The van der Waals surface area contributed by atoms with Gasteiger partial charge in [-0.05, 0) is 6.07 Å². The van der Waals surface area contributed by atoms with Crippen molar-refractivity contribution in [3.63, 3.8) is 0 Å².